The molecule has 1 aromatic carbocycles. The van der Waals surface area contributed by atoms with Gasteiger partial charge in [-0.2, -0.15) is 0 Å². The number of benzene rings is 1. The summed E-state index contributed by atoms with van der Waals surface area (Å²) >= 11 is 0. The molecule has 0 fully saturated rings. The fourth-order valence-corrected chi connectivity index (χ4v) is 1.68. The second-order valence-corrected chi connectivity index (χ2v) is 3.94. The van der Waals surface area contributed by atoms with Crippen molar-refractivity contribution in [3.8, 4) is 0 Å². The number of anilines is 1. The molecule has 98 valence electrons. The van der Waals surface area contributed by atoms with Gasteiger partial charge in [0.05, 0.1) is 6.10 Å². The van der Waals surface area contributed by atoms with Crippen molar-refractivity contribution in [2.45, 2.75) is 6.10 Å². The Hall–Kier alpha value is -2.47. The molecule has 2 N–H and O–H groups in total. The lowest BCUT2D eigenvalue weighted by molar-refractivity contribution is -0.388. The Morgan fingerprint density at radius 1 is 1.26 bits per heavy atom. The van der Waals surface area contributed by atoms with Gasteiger partial charge >= 0.3 is 5.82 Å². The molecule has 19 heavy (non-hydrogen) atoms. The van der Waals surface area contributed by atoms with Gasteiger partial charge < -0.3 is 20.5 Å². The van der Waals surface area contributed by atoms with Crippen molar-refractivity contribution in [3.63, 3.8) is 0 Å². The average Bonchev–Trinajstić information content (AvgIpc) is 2.46. The summed E-state index contributed by atoms with van der Waals surface area (Å²) in [4.78, 5) is 13.9. The number of aliphatic hydroxyl groups excluding tert-OH is 1. The van der Waals surface area contributed by atoms with Crippen LogP contribution in [0.3, 0.4) is 0 Å². The third-order valence-electron chi connectivity index (χ3n) is 2.63. The number of nitrogens with zero attached hydrogens (tertiary/aromatic N) is 2. The van der Waals surface area contributed by atoms with E-state index in [0.29, 0.717) is 5.69 Å². The molecule has 6 heteroatoms. The quantitative estimate of drug-likeness (QED) is 0.634. The molecule has 0 saturated carbocycles. The summed E-state index contributed by atoms with van der Waals surface area (Å²) in [5.74, 6) is -0.247. The highest BCUT2D eigenvalue weighted by atomic mass is 16.6. The lowest BCUT2D eigenvalue weighted by Crippen LogP contribution is -2.13. The zero-order valence-electron chi connectivity index (χ0n) is 10.1. The smallest absolute Gasteiger partial charge is 0.386 e. The number of hydrogen-bond donors (Lipinski definition) is 2. The van der Waals surface area contributed by atoms with Gasteiger partial charge in [0.2, 0.25) is 0 Å². The first-order valence-electron chi connectivity index (χ1n) is 5.75. The number of nitrogens with one attached hydrogen (secondary N) is 1. The third-order valence-corrected chi connectivity index (χ3v) is 2.63. The van der Waals surface area contributed by atoms with Crippen LogP contribution in [0.5, 0.6) is 0 Å². The topological polar surface area (TPSA) is 88.3 Å². The molecule has 1 unspecified atom stereocenters. The van der Waals surface area contributed by atoms with Crippen molar-refractivity contribution in [3.05, 3.63) is 64.3 Å². The SMILES string of the molecule is O=[N+]([O-])c1ncccc1NCC(O)c1ccccc1. The summed E-state index contributed by atoms with van der Waals surface area (Å²) in [5.41, 5.74) is 1.05. The number of pyridine rings is 1. The van der Waals surface area contributed by atoms with Gasteiger partial charge in [-0.05, 0) is 27.6 Å². The number of rotatable bonds is 5. The minimum atomic E-state index is -0.735. The lowest BCUT2D eigenvalue weighted by atomic mass is 10.1. The summed E-state index contributed by atoms with van der Waals surface area (Å²) in [6.45, 7) is 0.177. The van der Waals surface area contributed by atoms with Crippen LogP contribution in [-0.4, -0.2) is 21.6 Å². The van der Waals surface area contributed by atoms with E-state index in [9.17, 15) is 15.2 Å². The van der Waals surface area contributed by atoms with Crippen LogP contribution in [0.4, 0.5) is 11.5 Å². The normalized spacial score (nSPS) is 11.8. The van der Waals surface area contributed by atoms with Gasteiger partial charge in [0.25, 0.3) is 0 Å². The summed E-state index contributed by atoms with van der Waals surface area (Å²) < 4.78 is 0. The van der Waals surface area contributed by atoms with Crippen LogP contribution in [0, 0.1) is 10.1 Å². The van der Waals surface area contributed by atoms with Crippen LogP contribution < -0.4 is 5.32 Å². The van der Waals surface area contributed by atoms with Crippen LogP contribution in [0.25, 0.3) is 0 Å². The third kappa shape index (κ3) is 3.26. The molecule has 0 spiro atoms. The molecule has 1 heterocycles. The number of aliphatic hydroxyl groups is 1. The van der Waals surface area contributed by atoms with Gasteiger partial charge in [0.15, 0.2) is 0 Å². The van der Waals surface area contributed by atoms with Crippen LogP contribution in [-0.2, 0) is 0 Å². The van der Waals surface area contributed by atoms with Gasteiger partial charge in [-0.3, -0.25) is 0 Å². The first kappa shape index (κ1) is 13.0. The fraction of sp³-hybridized carbons (Fsp3) is 0.154. The summed E-state index contributed by atoms with van der Waals surface area (Å²) in [7, 11) is 0. The Kier molecular flexibility index (Phi) is 4.04. The predicted octanol–water partition coefficient (Wildman–Crippen LogP) is 2.14. The van der Waals surface area contributed by atoms with Gasteiger partial charge in [0.1, 0.15) is 11.9 Å². The van der Waals surface area contributed by atoms with E-state index in [0.717, 1.165) is 5.56 Å². The largest absolute Gasteiger partial charge is 0.387 e. The van der Waals surface area contributed by atoms with E-state index in [-0.39, 0.29) is 12.4 Å². The van der Waals surface area contributed by atoms with E-state index < -0.39 is 11.0 Å². The Morgan fingerprint density at radius 2 is 2.00 bits per heavy atom. The number of hydrogen-bond acceptors (Lipinski definition) is 5. The van der Waals surface area contributed by atoms with Crippen LogP contribution in [0.1, 0.15) is 11.7 Å². The van der Waals surface area contributed by atoms with Crippen LogP contribution in [0.15, 0.2) is 48.7 Å². The van der Waals surface area contributed by atoms with Gasteiger partial charge in [-0.25, -0.2) is 0 Å². The maximum absolute atomic E-state index is 10.8. The van der Waals surface area contributed by atoms with Crippen LogP contribution >= 0.6 is 0 Å². The Balaban J connectivity index is 2.05. The average molecular weight is 259 g/mol. The molecule has 0 amide bonds. The molecule has 0 radical (unpaired) electrons. The molecular weight excluding hydrogens is 246 g/mol. The fourth-order valence-electron chi connectivity index (χ4n) is 1.68. The molecule has 2 aromatic rings. The molecule has 0 saturated heterocycles. The second-order valence-electron chi connectivity index (χ2n) is 3.94. The zero-order chi connectivity index (χ0) is 13.7. The highest BCUT2D eigenvalue weighted by molar-refractivity contribution is 5.56. The van der Waals surface area contributed by atoms with E-state index in [1.165, 1.54) is 6.20 Å². The first-order chi connectivity index (χ1) is 9.18. The molecule has 6 nitrogen and oxygen atoms in total. The van der Waals surface area contributed by atoms with E-state index in [4.69, 9.17) is 0 Å². The first-order valence-corrected chi connectivity index (χ1v) is 5.75. The predicted molar refractivity (Wildman–Crippen MR) is 70.8 cm³/mol. The highest BCUT2D eigenvalue weighted by Gasteiger charge is 2.15. The standard InChI is InChI=1S/C13H13N3O3/c17-12(10-5-2-1-3-6-10)9-15-11-7-4-8-14-13(11)16(18)19/h1-8,12,15,17H,9H2. The van der Waals surface area contributed by atoms with Crippen molar-refractivity contribution in [2.24, 2.45) is 0 Å². The Morgan fingerprint density at radius 3 is 2.68 bits per heavy atom. The zero-order valence-corrected chi connectivity index (χ0v) is 10.1. The van der Waals surface area contributed by atoms with E-state index in [1.54, 1.807) is 24.3 Å². The van der Waals surface area contributed by atoms with Crippen molar-refractivity contribution in [1.82, 2.24) is 4.98 Å². The molecule has 0 aliphatic carbocycles. The minimum Gasteiger partial charge on any atom is -0.387 e. The van der Waals surface area contributed by atoms with Gasteiger partial charge in [0, 0.05) is 6.54 Å². The monoisotopic (exact) mass is 259 g/mol. The van der Waals surface area contributed by atoms with Crippen molar-refractivity contribution < 1.29 is 10.0 Å². The molecule has 1 atom stereocenters. The molecule has 1 aromatic heterocycles. The minimum absolute atomic E-state index is 0.177. The molecular formula is C13H13N3O3. The number of nitro groups is 1. The summed E-state index contributed by atoms with van der Waals surface area (Å²) in [6, 6.07) is 12.3. The maximum Gasteiger partial charge on any atom is 0.386 e. The number of aromatic nitrogens is 1. The Bertz CT molecular complexity index is 560. The molecule has 0 aliphatic heterocycles. The van der Waals surface area contributed by atoms with E-state index in [2.05, 4.69) is 10.3 Å². The summed E-state index contributed by atoms with van der Waals surface area (Å²) in [6.07, 6.45) is 0.623. The Labute approximate surface area is 109 Å². The maximum atomic E-state index is 10.8. The second kappa shape index (κ2) is 5.92. The highest BCUT2D eigenvalue weighted by Crippen LogP contribution is 2.21. The molecule has 2 rings (SSSR count). The molecule has 0 bridgehead atoms. The van der Waals surface area contributed by atoms with Crippen molar-refractivity contribution >= 4 is 11.5 Å². The van der Waals surface area contributed by atoms with Gasteiger partial charge in [-0.15, -0.1) is 0 Å². The van der Waals surface area contributed by atoms with Crippen molar-refractivity contribution in [2.75, 3.05) is 11.9 Å². The van der Waals surface area contributed by atoms with E-state index in [1.807, 2.05) is 18.2 Å². The van der Waals surface area contributed by atoms with Gasteiger partial charge in [-0.1, -0.05) is 30.3 Å². The van der Waals surface area contributed by atoms with Crippen LogP contribution in [0.2, 0.25) is 0 Å². The molecule has 0 aliphatic rings. The summed E-state index contributed by atoms with van der Waals surface area (Å²) in [5, 5.41) is 23.6. The lowest BCUT2D eigenvalue weighted by Gasteiger charge is -2.12. The van der Waals surface area contributed by atoms with E-state index >= 15 is 0 Å². The van der Waals surface area contributed by atoms with Crippen molar-refractivity contribution in [1.29, 1.82) is 0 Å².